The number of nitrogens with one attached hydrogen (secondary N) is 2. The third kappa shape index (κ3) is 8.03. The Labute approximate surface area is 179 Å². The molecule has 1 unspecified atom stereocenters. The predicted molar refractivity (Wildman–Crippen MR) is 120 cm³/mol. The molecule has 0 spiro atoms. The van der Waals surface area contributed by atoms with E-state index in [0.717, 1.165) is 22.6 Å². The highest BCUT2D eigenvalue weighted by atomic mass is 16.5. The summed E-state index contributed by atoms with van der Waals surface area (Å²) in [6.07, 6.45) is -0.0793. The van der Waals surface area contributed by atoms with Gasteiger partial charge >= 0.3 is 0 Å². The van der Waals surface area contributed by atoms with Crippen molar-refractivity contribution >= 4 is 11.9 Å². The summed E-state index contributed by atoms with van der Waals surface area (Å²) in [5, 5.41) is 6.35. The van der Waals surface area contributed by atoms with E-state index in [1.807, 2.05) is 62.4 Å². The third-order valence-corrected chi connectivity index (χ3v) is 4.37. The lowest BCUT2D eigenvalue weighted by Gasteiger charge is -2.19. The zero-order valence-electron chi connectivity index (χ0n) is 18.4. The van der Waals surface area contributed by atoms with Crippen LogP contribution in [0.4, 0.5) is 0 Å². The monoisotopic (exact) mass is 412 g/mol. The van der Waals surface area contributed by atoms with Gasteiger partial charge in [-0.15, -0.1) is 0 Å². The van der Waals surface area contributed by atoms with Gasteiger partial charge in [0.25, 0.3) is 0 Å². The molecule has 30 heavy (non-hydrogen) atoms. The number of amides is 1. The number of hydrogen-bond acceptors (Lipinski definition) is 4. The molecule has 7 heteroatoms. The van der Waals surface area contributed by atoms with Crippen molar-refractivity contribution in [1.82, 2.24) is 15.5 Å². The van der Waals surface area contributed by atoms with Gasteiger partial charge in [0.2, 0.25) is 5.91 Å². The average Bonchev–Trinajstić information content (AvgIpc) is 2.73. The Kier molecular flexibility index (Phi) is 9.00. The molecule has 0 saturated carbocycles. The molecule has 0 aliphatic rings. The number of hydrogen-bond donors (Lipinski definition) is 2. The topological polar surface area (TPSA) is 75.2 Å². The number of aryl methyl sites for hydroxylation is 1. The standard InChI is InChI=1S/C23H32N4O3/c1-17-7-6-8-21(13-17)30-18(2)14-24-23(26-16-22(28)27(3)4)25-15-19-9-11-20(29-5)12-10-19/h6-13,18H,14-16H2,1-5H3,(H2,24,25,26). The van der Waals surface area contributed by atoms with Crippen molar-refractivity contribution in [2.24, 2.45) is 4.99 Å². The summed E-state index contributed by atoms with van der Waals surface area (Å²) in [6.45, 7) is 5.20. The number of benzene rings is 2. The van der Waals surface area contributed by atoms with Gasteiger partial charge in [0.1, 0.15) is 17.6 Å². The van der Waals surface area contributed by atoms with Crippen molar-refractivity contribution in [3.8, 4) is 11.5 Å². The summed E-state index contributed by atoms with van der Waals surface area (Å²) < 4.78 is 11.1. The van der Waals surface area contributed by atoms with E-state index >= 15 is 0 Å². The number of aliphatic imine (C=N–C) groups is 1. The molecule has 2 N–H and O–H groups in total. The normalized spacial score (nSPS) is 12.1. The third-order valence-electron chi connectivity index (χ3n) is 4.37. The van der Waals surface area contributed by atoms with E-state index < -0.39 is 0 Å². The van der Waals surface area contributed by atoms with Crippen LogP contribution in [0.5, 0.6) is 11.5 Å². The molecule has 0 saturated heterocycles. The van der Waals surface area contributed by atoms with Crippen LogP contribution >= 0.6 is 0 Å². The van der Waals surface area contributed by atoms with Crippen LogP contribution in [0.1, 0.15) is 18.1 Å². The minimum absolute atomic E-state index is 0.0296. The van der Waals surface area contributed by atoms with Gasteiger partial charge < -0.3 is 25.0 Å². The Morgan fingerprint density at radius 3 is 2.47 bits per heavy atom. The van der Waals surface area contributed by atoms with E-state index in [1.165, 1.54) is 4.90 Å². The molecule has 2 rings (SSSR count). The largest absolute Gasteiger partial charge is 0.497 e. The van der Waals surface area contributed by atoms with Crippen LogP contribution in [0, 0.1) is 6.92 Å². The van der Waals surface area contributed by atoms with Crippen molar-refractivity contribution in [3.05, 3.63) is 59.7 Å². The maximum atomic E-state index is 11.9. The predicted octanol–water partition coefficient (Wildman–Crippen LogP) is 2.59. The van der Waals surface area contributed by atoms with Crippen molar-refractivity contribution in [1.29, 1.82) is 0 Å². The van der Waals surface area contributed by atoms with Gasteiger partial charge in [-0.25, -0.2) is 4.99 Å². The minimum atomic E-state index is -0.0793. The molecule has 1 amide bonds. The highest BCUT2D eigenvalue weighted by Crippen LogP contribution is 2.14. The van der Waals surface area contributed by atoms with Gasteiger partial charge in [0.05, 0.1) is 26.7 Å². The van der Waals surface area contributed by atoms with Gasteiger partial charge in [-0.3, -0.25) is 4.79 Å². The average molecular weight is 413 g/mol. The van der Waals surface area contributed by atoms with Crippen LogP contribution in [0.3, 0.4) is 0 Å². The minimum Gasteiger partial charge on any atom is -0.497 e. The second-order valence-electron chi connectivity index (χ2n) is 7.28. The molecule has 0 aromatic heterocycles. The second kappa shape index (κ2) is 11.7. The molecule has 1 atom stereocenters. The van der Waals surface area contributed by atoms with Gasteiger partial charge in [-0.05, 0) is 49.2 Å². The number of nitrogens with zero attached hydrogens (tertiary/aromatic N) is 2. The maximum absolute atomic E-state index is 11.9. The Morgan fingerprint density at radius 2 is 1.83 bits per heavy atom. The summed E-state index contributed by atoms with van der Waals surface area (Å²) in [6, 6.07) is 15.7. The molecule has 2 aromatic rings. The first-order valence-electron chi connectivity index (χ1n) is 9.96. The van der Waals surface area contributed by atoms with Crippen molar-refractivity contribution in [2.75, 3.05) is 34.3 Å². The van der Waals surface area contributed by atoms with Crippen LogP contribution in [0.15, 0.2) is 53.5 Å². The molecule has 0 aliphatic carbocycles. The first-order valence-corrected chi connectivity index (χ1v) is 9.96. The smallest absolute Gasteiger partial charge is 0.241 e. The van der Waals surface area contributed by atoms with Crippen LogP contribution in [-0.4, -0.2) is 57.2 Å². The van der Waals surface area contributed by atoms with Gasteiger partial charge in [0.15, 0.2) is 5.96 Å². The molecule has 0 heterocycles. The number of likely N-dealkylation sites (N-methyl/N-ethyl adjacent to an activating group) is 1. The first-order chi connectivity index (χ1) is 14.4. The van der Waals surface area contributed by atoms with Crippen LogP contribution in [0.25, 0.3) is 0 Å². The SMILES string of the molecule is COc1ccc(CN=C(NCC(=O)N(C)C)NCC(C)Oc2cccc(C)c2)cc1. The van der Waals surface area contributed by atoms with Crippen molar-refractivity contribution < 1.29 is 14.3 Å². The molecule has 162 valence electrons. The fourth-order valence-electron chi connectivity index (χ4n) is 2.60. The summed E-state index contributed by atoms with van der Waals surface area (Å²) >= 11 is 0. The summed E-state index contributed by atoms with van der Waals surface area (Å²) in [5.41, 5.74) is 2.19. The Balaban J connectivity index is 1.97. The number of rotatable bonds is 9. The van der Waals surface area contributed by atoms with Gasteiger partial charge in [0, 0.05) is 14.1 Å². The van der Waals surface area contributed by atoms with E-state index in [4.69, 9.17) is 9.47 Å². The second-order valence-corrected chi connectivity index (χ2v) is 7.28. The van der Waals surface area contributed by atoms with E-state index in [-0.39, 0.29) is 18.6 Å². The summed E-state index contributed by atoms with van der Waals surface area (Å²) in [4.78, 5) is 18.1. The van der Waals surface area contributed by atoms with E-state index in [9.17, 15) is 4.79 Å². The van der Waals surface area contributed by atoms with Crippen molar-refractivity contribution in [2.45, 2.75) is 26.5 Å². The van der Waals surface area contributed by atoms with Gasteiger partial charge in [-0.1, -0.05) is 24.3 Å². The molecular formula is C23H32N4O3. The number of carbonyl (C=O) groups is 1. The molecule has 0 aliphatic heterocycles. The lowest BCUT2D eigenvalue weighted by Crippen LogP contribution is -2.45. The molecule has 2 aromatic carbocycles. The lowest BCUT2D eigenvalue weighted by molar-refractivity contribution is -0.127. The fraction of sp³-hybridized carbons (Fsp3) is 0.391. The number of ether oxygens (including phenoxy) is 2. The van der Waals surface area contributed by atoms with E-state index in [2.05, 4.69) is 15.6 Å². The number of carbonyl (C=O) groups excluding carboxylic acids is 1. The Morgan fingerprint density at radius 1 is 1.10 bits per heavy atom. The quantitative estimate of drug-likeness (QED) is 0.489. The molecular weight excluding hydrogens is 380 g/mol. The lowest BCUT2D eigenvalue weighted by atomic mass is 10.2. The zero-order valence-corrected chi connectivity index (χ0v) is 18.4. The maximum Gasteiger partial charge on any atom is 0.241 e. The Bertz CT molecular complexity index is 835. The van der Waals surface area contributed by atoms with E-state index in [0.29, 0.717) is 19.0 Å². The van der Waals surface area contributed by atoms with Crippen molar-refractivity contribution in [3.63, 3.8) is 0 Å². The fourth-order valence-corrected chi connectivity index (χ4v) is 2.60. The van der Waals surface area contributed by atoms with E-state index in [1.54, 1.807) is 21.2 Å². The summed E-state index contributed by atoms with van der Waals surface area (Å²) in [7, 11) is 5.09. The highest BCUT2D eigenvalue weighted by Gasteiger charge is 2.09. The number of guanidine groups is 1. The van der Waals surface area contributed by atoms with Crippen LogP contribution < -0.4 is 20.1 Å². The first kappa shape index (κ1) is 23.1. The molecule has 0 bridgehead atoms. The summed E-state index contributed by atoms with van der Waals surface area (Å²) in [5.74, 6) is 2.16. The highest BCUT2D eigenvalue weighted by molar-refractivity contribution is 5.86. The Hall–Kier alpha value is -3.22. The van der Waals surface area contributed by atoms with Crippen LogP contribution in [-0.2, 0) is 11.3 Å². The van der Waals surface area contributed by atoms with Gasteiger partial charge in [-0.2, -0.15) is 0 Å². The zero-order chi connectivity index (χ0) is 21.9. The molecule has 0 radical (unpaired) electrons. The molecule has 7 nitrogen and oxygen atoms in total. The number of methoxy groups -OCH3 is 1. The van der Waals surface area contributed by atoms with Crippen LogP contribution in [0.2, 0.25) is 0 Å². The molecule has 0 fully saturated rings.